The molecular formula is C17H20N2S2. The molecule has 0 bridgehead atoms. The van der Waals surface area contributed by atoms with Gasteiger partial charge >= 0.3 is 0 Å². The molecule has 0 spiro atoms. The molecule has 1 aromatic heterocycles. The van der Waals surface area contributed by atoms with Crippen LogP contribution < -0.4 is 5.32 Å². The number of hydrogen-bond acceptors (Lipinski definition) is 4. The van der Waals surface area contributed by atoms with E-state index >= 15 is 0 Å². The summed E-state index contributed by atoms with van der Waals surface area (Å²) in [5.41, 5.74) is 2.70. The number of rotatable bonds is 3. The van der Waals surface area contributed by atoms with E-state index in [1.54, 1.807) is 0 Å². The van der Waals surface area contributed by atoms with Crippen molar-refractivity contribution in [2.45, 2.75) is 32.9 Å². The van der Waals surface area contributed by atoms with Gasteiger partial charge in [0.25, 0.3) is 0 Å². The van der Waals surface area contributed by atoms with Crippen molar-refractivity contribution in [3.05, 3.63) is 57.3 Å². The fraction of sp³-hybridized carbons (Fsp3) is 0.353. The highest BCUT2D eigenvalue weighted by atomic mass is 32.2. The molecule has 2 heterocycles. The number of thiophene rings is 1. The van der Waals surface area contributed by atoms with E-state index in [0.717, 1.165) is 10.9 Å². The summed E-state index contributed by atoms with van der Waals surface area (Å²) in [5.74, 6) is 1.03. The average Bonchev–Trinajstić information content (AvgIpc) is 3.06. The van der Waals surface area contributed by atoms with Crippen LogP contribution in [0.4, 0.5) is 0 Å². The molecule has 1 aromatic carbocycles. The van der Waals surface area contributed by atoms with Crippen molar-refractivity contribution in [1.29, 1.82) is 0 Å². The monoisotopic (exact) mass is 316 g/mol. The smallest absolute Gasteiger partial charge is 0.157 e. The zero-order chi connectivity index (χ0) is 14.8. The molecular weight excluding hydrogens is 296 g/mol. The van der Waals surface area contributed by atoms with Gasteiger partial charge in [-0.25, -0.2) is 0 Å². The lowest BCUT2D eigenvalue weighted by Gasteiger charge is -2.14. The minimum absolute atomic E-state index is 0.288. The molecule has 2 aromatic rings. The molecule has 0 fully saturated rings. The lowest BCUT2D eigenvalue weighted by molar-refractivity contribution is 0.716. The van der Waals surface area contributed by atoms with Gasteiger partial charge in [0.05, 0.1) is 12.1 Å². The fourth-order valence-corrected chi connectivity index (χ4v) is 4.71. The number of hydrogen-bond donors (Lipinski definition) is 1. The van der Waals surface area contributed by atoms with Gasteiger partial charge in [-0.2, -0.15) is 0 Å². The predicted octanol–water partition coefficient (Wildman–Crippen LogP) is 4.86. The predicted molar refractivity (Wildman–Crippen MR) is 94.4 cm³/mol. The maximum Gasteiger partial charge on any atom is 0.157 e. The van der Waals surface area contributed by atoms with Crippen LogP contribution in [0.2, 0.25) is 0 Å². The minimum Gasteiger partial charge on any atom is -0.358 e. The second-order valence-electron chi connectivity index (χ2n) is 5.41. The van der Waals surface area contributed by atoms with Crippen molar-refractivity contribution in [3.63, 3.8) is 0 Å². The average molecular weight is 316 g/mol. The molecule has 0 saturated carbocycles. The molecule has 4 heteroatoms. The molecule has 0 aliphatic carbocycles. The molecule has 0 amide bonds. The number of benzene rings is 1. The number of aliphatic imine (C=N–C) groups is 1. The van der Waals surface area contributed by atoms with Crippen LogP contribution in [-0.2, 0) is 0 Å². The Morgan fingerprint density at radius 2 is 2.00 bits per heavy atom. The summed E-state index contributed by atoms with van der Waals surface area (Å²) in [5, 5.41) is 4.64. The van der Waals surface area contributed by atoms with Gasteiger partial charge in [0, 0.05) is 15.5 Å². The molecule has 1 aliphatic rings. The van der Waals surface area contributed by atoms with Crippen LogP contribution in [0.1, 0.15) is 39.9 Å². The van der Waals surface area contributed by atoms with Crippen molar-refractivity contribution in [2.75, 3.05) is 5.75 Å². The number of nitrogens with one attached hydrogen (secondary N) is 1. The molecule has 2 unspecified atom stereocenters. The van der Waals surface area contributed by atoms with E-state index in [4.69, 9.17) is 4.99 Å². The van der Waals surface area contributed by atoms with Gasteiger partial charge in [0.15, 0.2) is 5.17 Å². The molecule has 110 valence electrons. The first-order valence-electron chi connectivity index (χ1n) is 7.22. The Balaban J connectivity index is 1.70. The van der Waals surface area contributed by atoms with Crippen LogP contribution in [-0.4, -0.2) is 10.9 Å². The topological polar surface area (TPSA) is 24.4 Å². The number of amidine groups is 1. The third-order valence-electron chi connectivity index (χ3n) is 3.72. The molecule has 1 N–H and O–H groups in total. The largest absolute Gasteiger partial charge is 0.358 e. The fourth-order valence-electron chi connectivity index (χ4n) is 2.64. The molecule has 1 aliphatic heterocycles. The number of aryl methyl sites for hydroxylation is 2. The van der Waals surface area contributed by atoms with Crippen LogP contribution >= 0.6 is 23.1 Å². The summed E-state index contributed by atoms with van der Waals surface area (Å²) in [6.07, 6.45) is 0. The normalized spacial score (nSPS) is 19.4. The Labute approximate surface area is 134 Å². The SMILES string of the molecule is Cc1cc(C(C)NC2=NC(c3ccccc3)CS2)c(C)s1. The van der Waals surface area contributed by atoms with E-state index in [9.17, 15) is 0 Å². The third kappa shape index (κ3) is 3.33. The zero-order valence-corrected chi connectivity index (χ0v) is 14.2. The van der Waals surface area contributed by atoms with E-state index in [1.807, 2.05) is 23.1 Å². The highest BCUT2D eigenvalue weighted by Gasteiger charge is 2.21. The Kier molecular flexibility index (Phi) is 4.36. The third-order valence-corrected chi connectivity index (χ3v) is 5.68. The van der Waals surface area contributed by atoms with Gasteiger partial charge in [0.1, 0.15) is 0 Å². The highest BCUT2D eigenvalue weighted by molar-refractivity contribution is 8.14. The van der Waals surface area contributed by atoms with E-state index in [0.29, 0.717) is 6.04 Å². The van der Waals surface area contributed by atoms with Crippen LogP contribution in [0.3, 0.4) is 0 Å². The number of nitrogens with zero attached hydrogens (tertiary/aromatic N) is 1. The summed E-state index contributed by atoms with van der Waals surface area (Å²) < 4.78 is 0. The Hall–Kier alpha value is -1.26. The van der Waals surface area contributed by atoms with Gasteiger partial charge in [-0.15, -0.1) is 11.3 Å². The molecule has 2 nitrogen and oxygen atoms in total. The van der Waals surface area contributed by atoms with Gasteiger partial charge in [0.2, 0.25) is 0 Å². The van der Waals surface area contributed by atoms with Gasteiger partial charge < -0.3 is 5.32 Å². The van der Waals surface area contributed by atoms with Gasteiger partial charge in [-0.3, -0.25) is 4.99 Å². The summed E-state index contributed by atoms with van der Waals surface area (Å²) in [6, 6.07) is 13.4. The minimum atomic E-state index is 0.288. The maximum atomic E-state index is 4.83. The van der Waals surface area contributed by atoms with E-state index < -0.39 is 0 Å². The first kappa shape index (κ1) is 14.7. The first-order valence-corrected chi connectivity index (χ1v) is 9.02. The lowest BCUT2D eigenvalue weighted by Crippen LogP contribution is -2.23. The van der Waals surface area contributed by atoms with E-state index in [2.05, 4.69) is 62.5 Å². The Bertz CT molecular complexity index is 646. The van der Waals surface area contributed by atoms with Crippen LogP contribution in [0.5, 0.6) is 0 Å². The zero-order valence-electron chi connectivity index (χ0n) is 12.6. The number of thioether (sulfide) groups is 1. The molecule has 3 rings (SSSR count). The summed E-state index contributed by atoms with van der Waals surface area (Å²) in [4.78, 5) is 7.61. The standard InChI is InChI=1S/C17H20N2S2/c1-11-9-15(13(3)21-11)12(2)18-17-19-16(10-20-17)14-7-5-4-6-8-14/h4-9,12,16H,10H2,1-3H3,(H,18,19). The molecule has 0 radical (unpaired) electrons. The molecule has 21 heavy (non-hydrogen) atoms. The summed E-state index contributed by atoms with van der Waals surface area (Å²) >= 11 is 3.69. The summed E-state index contributed by atoms with van der Waals surface area (Å²) in [6.45, 7) is 6.58. The molecule has 0 saturated heterocycles. The van der Waals surface area contributed by atoms with Gasteiger partial charge in [-0.1, -0.05) is 42.1 Å². The van der Waals surface area contributed by atoms with Crippen molar-refractivity contribution >= 4 is 28.3 Å². The Morgan fingerprint density at radius 3 is 2.67 bits per heavy atom. The second kappa shape index (κ2) is 6.24. The van der Waals surface area contributed by atoms with Gasteiger partial charge in [-0.05, 0) is 38.0 Å². The van der Waals surface area contributed by atoms with Crippen molar-refractivity contribution in [1.82, 2.24) is 5.32 Å². The van der Waals surface area contributed by atoms with Crippen LogP contribution in [0.25, 0.3) is 0 Å². The first-order chi connectivity index (χ1) is 10.1. The van der Waals surface area contributed by atoms with Crippen molar-refractivity contribution in [3.8, 4) is 0 Å². The van der Waals surface area contributed by atoms with Crippen molar-refractivity contribution < 1.29 is 0 Å². The summed E-state index contributed by atoms with van der Waals surface area (Å²) in [7, 11) is 0. The van der Waals surface area contributed by atoms with E-state index in [-0.39, 0.29) is 6.04 Å². The van der Waals surface area contributed by atoms with Crippen LogP contribution in [0.15, 0.2) is 41.4 Å². The van der Waals surface area contributed by atoms with Crippen molar-refractivity contribution in [2.24, 2.45) is 4.99 Å². The van der Waals surface area contributed by atoms with Crippen LogP contribution in [0, 0.1) is 13.8 Å². The lowest BCUT2D eigenvalue weighted by atomic mass is 10.1. The quantitative estimate of drug-likeness (QED) is 0.874. The highest BCUT2D eigenvalue weighted by Crippen LogP contribution is 2.31. The van der Waals surface area contributed by atoms with E-state index in [1.165, 1.54) is 20.9 Å². The second-order valence-corrected chi connectivity index (χ2v) is 7.88. The molecule has 2 atom stereocenters. The maximum absolute atomic E-state index is 4.83. The Morgan fingerprint density at radius 1 is 1.24 bits per heavy atom.